The smallest absolute Gasteiger partial charge is 0.262 e. The Morgan fingerprint density at radius 2 is 1.65 bits per heavy atom. The molecule has 4 nitrogen and oxygen atoms in total. The number of fused-ring (bicyclic) bond motifs is 1. The van der Waals surface area contributed by atoms with Crippen LogP contribution in [0.5, 0.6) is 0 Å². The number of benzene rings is 1. The molecule has 0 radical (unpaired) electrons. The lowest BCUT2D eigenvalue weighted by molar-refractivity contribution is 0.0513. The van der Waals surface area contributed by atoms with Gasteiger partial charge in [-0.05, 0) is 37.8 Å². The second kappa shape index (κ2) is 4.70. The summed E-state index contributed by atoms with van der Waals surface area (Å²) in [6.45, 7) is 3.77. The lowest BCUT2D eigenvalue weighted by atomic mass is 9.99. The second-order valence-electron chi connectivity index (χ2n) is 5.87. The molecule has 106 valence electrons. The fraction of sp³-hybridized carbons (Fsp3) is 0.500. The minimum absolute atomic E-state index is 0.0258. The molecule has 2 amide bonds. The van der Waals surface area contributed by atoms with Crippen molar-refractivity contribution < 1.29 is 14.7 Å². The van der Waals surface area contributed by atoms with Gasteiger partial charge in [0.2, 0.25) is 0 Å². The fourth-order valence-electron chi connectivity index (χ4n) is 3.57. The first kappa shape index (κ1) is 13.3. The Labute approximate surface area is 118 Å². The maximum Gasteiger partial charge on any atom is 0.262 e. The monoisotopic (exact) mass is 273 g/mol. The zero-order valence-corrected chi connectivity index (χ0v) is 11.8. The molecule has 2 aliphatic rings. The van der Waals surface area contributed by atoms with Gasteiger partial charge < -0.3 is 5.11 Å². The number of hydrogen-bond acceptors (Lipinski definition) is 3. The molecule has 0 bridgehead atoms. The van der Waals surface area contributed by atoms with Crippen molar-refractivity contribution in [1.82, 2.24) is 4.90 Å². The van der Waals surface area contributed by atoms with Crippen molar-refractivity contribution >= 4 is 11.8 Å². The standard InChI is InChI=1S/C16H19NO3/c1-9-6-7-10(2)14-13(9)15(19)17(16(14)20)12-5-3-4-11(12)8-18/h6-7,11-12,18H,3-5,8H2,1-2H3. The highest BCUT2D eigenvalue weighted by atomic mass is 16.3. The average molecular weight is 273 g/mol. The van der Waals surface area contributed by atoms with E-state index in [9.17, 15) is 14.7 Å². The van der Waals surface area contributed by atoms with Gasteiger partial charge in [0.25, 0.3) is 11.8 Å². The Hall–Kier alpha value is -1.68. The van der Waals surface area contributed by atoms with Gasteiger partial charge in [0.15, 0.2) is 0 Å². The predicted molar refractivity (Wildman–Crippen MR) is 74.6 cm³/mol. The predicted octanol–water partition coefficient (Wildman–Crippen LogP) is 2.06. The van der Waals surface area contributed by atoms with E-state index in [2.05, 4.69) is 0 Å². The Bertz CT molecular complexity index is 553. The van der Waals surface area contributed by atoms with Crippen LogP contribution in [-0.4, -0.2) is 34.5 Å². The van der Waals surface area contributed by atoms with Crippen LogP contribution in [-0.2, 0) is 0 Å². The molecule has 0 spiro atoms. The summed E-state index contributed by atoms with van der Waals surface area (Å²) in [5.41, 5.74) is 2.81. The molecule has 1 N–H and O–H groups in total. The number of carbonyl (C=O) groups excluding carboxylic acids is 2. The molecule has 1 aliphatic heterocycles. The molecule has 1 aliphatic carbocycles. The summed E-state index contributed by atoms with van der Waals surface area (Å²) in [4.78, 5) is 26.7. The highest BCUT2D eigenvalue weighted by Crippen LogP contribution is 2.37. The van der Waals surface area contributed by atoms with Crippen molar-refractivity contribution in [3.8, 4) is 0 Å². The number of rotatable bonds is 2. The normalized spacial score (nSPS) is 25.4. The second-order valence-corrected chi connectivity index (χ2v) is 5.87. The summed E-state index contributed by atoms with van der Waals surface area (Å²) >= 11 is 0. The lowest BCUT2D eigenvalue weighted by Crippen LogP contribution is -2.43. The zero-order valence-electron chi connectivity index (χ0n) is 11.8. The van der Waals surface area contributed by atoms with Gasteiger partial charge in [0.05, 0.1) is 11.1 Å². The molecule has 1 saturated carbocycles. The van der Waals surface area contributed by atoms with E-state index in [-0.39, 0.29) is 30.4 Å². The number of amides is 2. The average Bonchev–Trinajstić information content (AvgIpc) is 2.97. The van der Waals surface area contributed by atoms with Gasteiger partial charge in [-0.2, -0.15) is 0 Å². The number of aryl methyl sites for hydroxylation is 2. The van der Waals surface area contributed by atoms with E-state index in [0.29, 0.717) is 11.1 Å². The third-order valence-corrected chi connectivity index (χ3v) is 4.67. The Kier molecular flexibility index (Phi) is 3.13. The van der Waals surface area contributed by atoms with Crippen molar-refractivity contribution in [3.63, 3.8) is 0 Å². The molecule has 4 heteroatoms. The van der Waals surface area contributed by atoms with Crippen LogP contribution >= 0.6 is 0 Å². The molecule has 1 heterocycles. The molecule has 0 saturated heterocycles. The van der Waals surface area contributed by atoms with Crippen molar-refractivity contribution in [2.45, 2.75) is 39.2 Å². The number of aliphatic hydroxyl groups is 1. The zero-order chi connectivity index (χ0) is 14.4. The SMILES string of the molecule is Cc1ccc(C)c2c1C(=O)N(C1CCCC1CO)C2=O. The maximum absolute atomic E-state index is 12.7. The van der Waals surface area contributed by atoms with Crippen molar-refractivity contribution in [2.24, 2.45) is 5.92 Å². The Morgan fingerprint density at radius 1 is 1.10 bits per heavy atom. The summed E-state index contributed by atoms with van der Waals surface area (Å²) in [7, 11) is 0. The molecule has 20 heavy (non-hydrogen) atoms. The van der Waals surface area contributed by atoms with Crippen LogP contribution in [0.4, 0.5) is 0 Å². The topological polar surface area (TPSA) is 57.6 Å². The summed E-state index contributed by atoms with van der Waals surface area (Å²) < 4.78 is 0. The maximum atomic E-state index is 12.7. The van der Waals surface area contributed by atoms with Gasteiger partial charge in [-0.25, -0.2) is 0 Å². The first-order valence-electron chi connectivity index (χ1n) is 7.15. The highest BCUT2D eigenvalue weighted by molar-refractivity contribution is 6.22. The Morgan fingerprint density at radius 3 is 2.15 bits per heavy atom. The quantitative estimate of drug-likeness (QED) is 0.839. The molecule has 1 aromatic rings. The van der Waals surface area contributed by atoms with E-state index in [0.717, 1.165) is 30.4 Å². The van der Waals surface area contributed by atoms with Crippen LogP contribution in [0.1, 0.15) is 51.1 Å². The van der Waals surface area contributed by atoms with Crippen LogP contribution < -0.4 is 0 Å². The number of carbonyl (C=O) groups is 2. The van der Waals surface area contributed by atoms with Crippen LogP contribution in [0, 0.1) is 19.8 Å². The Balaban J connectivity index is 2.06. The fourth-order valence-corrected chi connectivity index (χ4v) is 3.57. The molecule has 0 aromatic heterocycles. The van der Waals surface area contributed by atoms with Gasteiger partial charge in [0, 0.05) is 18.6 Å². The number of hydrogen-bond donors (Lipinski definition) is 1. The summed E-state index contributed by atoms with van der Waals surface area (Å²) in [6.07, 6.45) is 2.64. The van der Waals surface area contributed by atoms with Crippen LogP contribution in [0.2, 0.25) is 0 Å². The third-order valence-electron chi connectivity index (χ3n) is 4.67. The van der Waals surface area contributed by atoms with E-state index < -0.39 is 0 Å². The van der Waals surface area contributed by atoms with E-state index >= 15 is 0 Å². The molecule has 1 aromatic carbocycles. The van der Waals surface area contributed by atoms with Crippen LogP contribution in [0.25, 0.3) is 0 Å². The molecule has 3 rings (SSSR count). The first-order chi connectivity index (χ1) is 9.56. The van der Waals surface area contributed by atoms with Gasteiger partial charge in [-0.3, -0.25) is 14.5 Å². The summed E-state index contributed by atoms with van der Waals surface area (Å²) in [6, 6.07) is 3.63. The van der Waals surface area contributed by atoms with Gasteiger partial charge in [-0.1, -0.05) is 18.6 Å². The molecular formula is C16H19NO3. The van der Waals surface area contributed by atoms with Crippen LogP contribution in [0.15, 0.2) is 12.1 Å². The molecular weight excluding hydrogens is 254 g/mol. The summed E-state index contributed by atoms with van der Waals surface area (Å²) in [5, 5.41) is 9.45. The lowest BCUT2D eigenvalue weighted by Gasteiger charge is -2.26. The van der Waals surface area contributed by atoms with Crippen LogP contribution in [0.3, 0.4) is 0 Å². The molecule has 2 atom stereocenters. The largest absolute Gasteiger partial charge is 0.396 e. The highest BCUT2D eigenvalue weighted by Gasteiger charge is 2.45. The minimum Gasteiger partial charge on any atom is -0.396 e. The van der Waals surface area contributed by atoms with E-state index in [1.807, 2.05) is 26.0 Å². The number of aliphatic hydroxyl groups excluding tert-OH is 1. The van der Waals surface area contributed by atoms with Crippen molar-refractivity contribution in [3.05, 3.63) is 34.4 Å². The van der Waals surface area contributed by atoms with E-state index in [1.54, 1.807) is 0 Å². The molecule has 1 fully saturated rings. The number of imide groups is 1. The summed E-state index contributed by atoms with van der Waals surface area (Å²) in [5.74, 6) is -0.342. The van der Waals surface area contributed by atoms with Crippen molar-refractivity contribution in [1.29, 1.82) is 0 Å². The van der Waals surface area contributed by atoms with Gasteiger partial charge in [0.1, 0.15) is 0 Å². The van der Waals surface area contributed by atoms with Crippen molar-refractivity contribution in [2.75, 3.05) is 6.61 Å². The first-order valence-corrected chi connectivity index (χ1v) is 7.15. The molecule has 2 unspecified atom stereocenters. The van der Waals surface area contributed by atoms with Gasteiger partial charge >= 0.3 is 0 Å². The number of nitrogens with zero attached hydrogens (tertiary/aromatic N) is 1. The van der Waals surface area contributed by atoms with Gasteiger partial charge in [-0.15, -0.1) is 0 Å². The van der Waals surface area contributed by atoms with E-state index in [1.165, 1.54) is 4.90 Å². The third kappa shape index (κ3) is 1.71. The minimum atomic E-state index is -0.184. The van der Waals surface area contributed by atoms with E-state index in [4.69, 9.17) is 0 Å².